The van der Waals surface area contributed by atoms with Crippen molar-refractivity contribution >= 4 is 17.2 Å². The third-order valence-electron chi connectivity index (χ3n) is 3.10. The molecular weight excluding hydrogens is 254 g/mol. The lowest BCUT2D eigenvalue weighted by molar-refractivity contribution is 0.258. The Balaban J connectivity index is 2.01. The van der Waals surface area contributed by atoms with Crippen molar-refractivity contribution in [2.75, 3.05) is 6.54 Å². The molecular formula is C13H16F2N2S. The van der Waals surface area contributed by atoms with Crippen molar-refractivity contribution in [3.63, 3.8) is 0 Å². The summed E-state index contributed by atoms with van der Waals surface area (Å²) in [5.74, 6) is -1.03. The van der Waals surface area contributed by atoms with Crippen LogP contribution in [-0.4, -0.2) is 22.5 Å². The molecule has 1 aromatic rings. The molecule has 0 amide bonds. The van der Waals surface area contributed by atoms with E-state index < -0.39 is 11.6 Å². The number of thiocarbonyl (C=S) groups is 1. The Morgan fingerprint density at radius 2 is 2.11 bits per heavy atom. The molecule has 1 aliphatic carbocycles. The number of rotatable bonds is 6. The number of hydrogen-bond donors (Lipinski definition) is 1. The zero-order valence-corrected chi connectivity index (χ0v) is 10.9. The van der Waals surface area contributed by atoms with Gasteiger partial charge in [-0.2, -0.15) is 0 Å². The molecule has 0 bridgehead atoms. The molecule has 1 aromatic carbocycles. The van der Waals surface area contributed by atoms with Gasteiger partial charge in [-0.1, -0.05) is 18.3 Å². The van der Waals surface area contributed by atoms with E-state index in [-0.39, 0.29) is 0 Å². The van der Waals surface area contributed by atoms with Gasteiger partial charge in [-0.05, 0) is 18.9 Å². The van der Waals surface area contributed by atoms with E-state index in [1.165, 1.54) is 12.1 Å². The fraction of sp³-hybridized carbons (Fsp3) is 0.462. The molecule has 1 fully saturated rings. The van der Waals surface area contributed by atoms with Crippen LogP contribution in [0.1, 0.15) is 24.8 Å². The van der Waals surface area contributed by atoms with E-state index in [9.17, 15) is 8.78 Å². The van der Waals surface area contributed by atoms with Crippen molar-refractivity contribution in [1.82, 2.24) is 4.90 Å². The van der Waals surface area contributed by atoms with E-state index in [4.69, 9.17) is 18.0 Å². The second kappa shape index (κ2) is 5.71. The molecule has 98 valence electrons. The third kappa shape index (κ3) is 3.71. The van der Waals surface area contributed by atoms with Gasteiger partial charge in [0.15, 0.2) is 0 Å². The van der Waals surface area contributed by atoms with Crippen molar-refractivity contribution < 1.29 is 8.78 Å². The van der Waals surface area contributed by atoms with Gasteiger partial charge < -0.3 is 5.73 Å². The predicted octanol–water partition coefficient (Wildman–Crippen LogP) is 2.61. The zero-order valence-electron chi connectivity index (χ0n) is 10.0. The van der Waals surface area contributed by atoms with Gasteiger partial charge in [0.05, 0.1) is 4.99 Å². The first-order valence-electron chi connectivity index (χ1n) is 6.02. The summed E-state index contributed by atoms with van der Waals surface area (Å²) in [6.07, 6.45) is 2.88. The maximum atomic E-state index is 13.6. The van der Waals surface area contributed by atoms with Crippen LogP contribution in [0.15, 0.2) is 18.2 Å². The molecule has 1 saturated carbocycles. The number of benzene rings is 1. The normalized spacial score (nSPS) is 15.1. The Kier molecular flexibility index (Phi) is 4.24. The fourth-order valence-electron chi connectivity index (χ4n) is 1.95. The van der Waals surface area contributed by atoms with Crippen molar-refractivity contribution in [1.29, 1.82) is 0 Å². The smallest absolute Gasteiger partial charge is 0.130 e. The molecule has 2 N–H and O–H groups in total. The van der Waals surface area contributed by atoms with Crippen LogP contribution >= 0.6 is 12.2 Å². The molecule has 18 heavy (non-hydrogen) atoms. The topological polar surface area (TPSA) is 29.3 Å². The van der Waals surface area contributed by atoms with Gasteiger partial charge in [0.2, 0.25) is 0 Å². The number of hydrogen-bond acceptors (Lipinski definition) is 2. The van der Waals surface area contributed by atoms with Crippen molar-refractivity contribution in [3.05, 3.63) is 35.4 Å². The highest BCUT2D eigenvalue weighted by atomic mass is 32.1. The first-order valence-corrected chi connectivity index (χ1v) is 6.43. The quantitative estimate of drug-likeness (QED) is 0.806. The van der Waals surface area contributed by atoms with Crippen LogP contribution in [-0.2, 0) is 6.54 Å². The van der Waals surface area contributed by atoms with Gasteiger partial charge in [-0.25, -0.2) is 8.78 Å². The van der Waals surface area contributed by atoms with Crippen molar-refractivity contribution in [2.24, 2.45) is 5.73 Å². The third-order valence-corrected chi connectivity index (χ3v) is 3.30. The Morgan fingerprint density at radius 3 is 2.67 bits per heavy atom. The Hall–Kier alpha value is -1.07. The summed E-state index contributed by atoms with van der Waals surface area (Å²) in [5.41, 5.74) is 6.01. The van der Waals surface area contributed by atoms with E-state index in [1.54, 1.807) is 0 Å². The van der Waals surface area contributed by atoms with Crippen LogP contribution in [0.4, 0.5) is 8.78 Å². The molecule has 1 aliphatic rings. The van der Waals surface area contributed by atoms with Crippen LogP contribution in [0.3, 0.4) is 0 Å². The zero-order chi connectivity index (χ0) is 13.1. The highest BCUT2D eigenvalue weighted by Crippen LogP contribution is 2.28. The lowest BCUT2D eigenvalue weighted by Crippen LogP contribution is -2.29. The van der Waals surface area contributed by atoms with Crippen LogP contribution in [0.5, 0.6) is 0 Å². The second-order valence-corrected chi connectivity index (χ2v) is 5.18. The Morgan fingerprint density at radius 1 is 1.39 bits per heavy atom. The lowest BCUT2D eigenvalue weighted by atomic mass is 10.2. The van der Waals surface area contributed by atoms with Gasteiger partial charge in [-0.15, -0.1) is 0 Å². The molecule has 0 aromatic heterocycles. The summed E-state index contributed by atoms with van der Waals surface area (Å²) in [6.45, 7) is 1.22. The molecule has 0 heterocycles. The van der Waals surface area contributed by atoms with E-state index in [0.717, 1.165) is 25.5 Å². The summed E-state index contributed by atoms with van der Waals surface area (Å²) < 4.78 is 26.4. The van der Waals surface area contributed by atoms with Crippen LogP contribution in [0.2, 0.25) is 0 Å². The highest BCUT2D eigenvalue weighted by molar-refractivity contribution is 7.80. The average Bonchev–Trinajstić information content (AvgIpc) is 3.10. The highest BCUT2D eigenvalue weighted by Gasteiger charge is 2.29. The van der Waals surface area contributed by atoms with Crippen molar-refractivity contribution in [2.45, 2.75) is 31.8 Å². The van der Waals surface area contributed by atoms with E-state index in [1.807, 2.05) is 0 Å². The summed E-state index contributed by atoms with van der Waals surface area (Å²) in [4.78, 5) is 2.63. The van der Waals surface area contributed by atoms with Gasteiger partial charge in [0.1, 0.15) is 11.6 Å². The van der Waals surface area contributed by atoms with Crippen LogP contribution in [0.25, 0.3) is 0 Å². The molecule has 0 aliphatic heterocycles. The second-order valence-electron chi connectivity index (χ2n) is 4.65. The lowest BCUT2D eigenvalue weighted by Gasteiger charge is -2.22. The summed E-state index contributed by atoms with van der Waals surface area (Å²) in [7, 11) is 0. The molecule has 5 heteroatoms. The molecule has 0 radical (unpaired) electrons. The van der Waals surface area contributed by atoms with Crippen molar-refractivity contribution in [3.8, 4) is 0 Å². The first kappa shape index (κ1) is 13.4. The number of halogens is 2. The summed E-state index contributed by atoms with van der Waals surface area (Å²) >= 11 is 4.86. The molecule has 0 unspecified atom stereocenters. The van der Waals surface area contributed by atoms with E-state index in [0.29, 0.717) is 29.6 Å². The van der Waals surface area contributed by atoms with Gasteiger partial charge >= 0.3 is 0 Å². The van der Waals surface area contributed by atoms with Crippen LogP contribution in [0, 0.1) is 11.6 Å². The molecule has 0 atom stereocenters. The molecule has 0 spiro atoms. The number of nitrogens with two attached hydrogens (primary N) is 1. The minimum atomic E-state index is -0.544. The largest absolute Gasteiger partial charge is 0.393 e. The minimum Gasteiger partial charge on any atom is -0.393 e. The van der Waals surface area contributed by atoms with Gasteiger partial charge in [0, 0.05) is 37.2 Å². The Labute approximate surface area is 111 Å². The maximum Gasteiger partial charge on any atom is 0.130 e. The summed E-state index contributed by atoms with van der Waals surface area (Å²) in [5, 5.41) is 0. The Bertz CT molecular complexity index is 447. The van der Waals surface area contributed by atoms with Crippen LogP contribution < -0.4 is 5.73 Å². The molecule has 2 rings (SSSR count). The summed E-state index contributed by atoms with van der Waals surface area (Å²) in [6, 6.07) is 4.20. The van der Waals surface area contributed by atoms with E-state index in [2.05, 4.69) is 4.90 Å². The standard InChI is InChI=1S/C13H16F2N2S/c14-10-2-1-9(12(15)7-10)8-17(11-3-4-11)6-5-13(16)18/h1-2,7,11H,3-6,8H2,(H2,16,18). The average molecular weight is 270 g/mol. The fourth-order valence-corrected chi connectivity index (χ4v) is 2.04. The first-order chi connectivity index (χ1) is 8.56. The minimum absolute atomic E-state index is 0.472. The molecule has 2 nitrogen and oxygen atoms in total. The van der Waals surface area contributed by atoms with E-state index >= 15 is 0 Å². The van der Waals surface area contributed by atoms with Gasteiger partial charge in [0.25, 0.3) is 0 Å². The van der Waals surface area contributed by atoms with Gasteiger partial charge in [-0.3, -0.25) is 4.90 Å². The number of nitrogens with zero attached hydrogens (tertiary/aromatic N) is 1. The monoisotopic (exact) mass is 270 g/mol. The maximum absolute atomic E-state index is 13.6. The predicted molar refractivity (Wildman–Crippen MR) is 71.2 cm³/mol. The molecule has 0 saturated heterocycles. The SMILES string of the molecule is NC(=S)CCN(Cc1ccc(F)cc1F)C1CC1.